The minimum atomic E-state index is -0.312. The van der Waals surface area contributed by atoms with Crippen molar-refractivity contribution >= 4 is 6.09 Å². The standard InChI is InChI=1S/C12H15NO2/c1-9-7-11(9)13-12(14)15-8-10-5-3-2-4-6-10/h2-6,9,11H,7-8H2,1H3,(H,13,14). The van der Waals surface area contributed by atoms with E-state index in [0.717, 1.165) is 12.0 Å². The predicted molar refractivity (Wildman–Crippen MR) is 57.3 cm³/mol. The second-order valence-electron chi connectivity index (χ2n) is 4.03. The average Bonchev–Trinajstić information content (AvgIpc) is 2.93. The minimum absolute atomic E-state index is 0.312. The quantitative estimate of drug-likeness (QED) is 0.822. The number of hydrogen-bond acceptors (Lipinski definition) is 2. The Morgan fingerprint density at radius 1 is 1.47 bits per heavy atom. The van der Waals surface area contributed by atoms with Gasteiger partial charge >= 0.3 is 6.09 Å². The number of nitrogens with one attached hydrogen (secondary N) is 1. The molecule has 1 amide bonds. The lowest BCUT2D eigenvalue weighted by molar-refractivity contribution is 0.138. The fourth-order valence-electron chi connectivity index (χ4n) is 1.44. The Morgan fingerprint density at radius 3 is 2.73 bits per heavy atom. The predicted octanol–water partition coefficient (Wildman–Crippen LogP) is 2.32. The van der Waals surface area contributed by atoms with Crippen molar-refractivity contribution in [1.29, 1.82) is 0 Å². The van der Waals surface area contributed by atoms with E-state index in [1.165, 1.54) is 0 Å². The van der Waals surface area contributed by atoms with Crippen molar-refractivity contribution in [2.75, 3.05) is 0 Å². The Balaban J connectivity index is 1.71. The highest BCUT2D eigenvalue weighted by molar-refractivity contribution is 5.68. The molecule has 15 heavy (non-hydrogen) atoms. The van der Waals surface area contributed by atoms with Crippen molar-refractivity contribution in [3.8, 4) is 0 Å². The van der Waals surface area contributed by atoms with Gasteiger partial charge in [0.2, 0.25) is 0 Å². The van der Waals surface area contributed by atoms with Gasteiger partial charge in [-0.3, -0.25) is 0 Å². The Morgan fingerprint density at radius 2 is 2.13 bits per heavy atom. The maximum atomic E-state index is 11.3. The molecule has 1 aromatic carbocycles. The molecule has 3 heteroatoms. The molecule has 2 rings (SSSR count). The lowest BCUT2D eigenvalue weighted by Gasteiger charge is -2.05. The molecule has 2 atom stereocenters. The monoisotopic (exact) mass is 205 g/mol. The summed E-state index contributed by atoms with van der Waals surface area (Å²) in [7, 11) is 0. The summed E-state index contributed by atoms with van der Waals surface area (Å²) < 4.78 is 5.08. The van der Waals surface area contributed by atoms with Crippen LogP contribution in [0.15, 0.2) is 30.3 Å². The van der Waals surface area contributed by atoms with Crippen molar-refractivity contribution in [1.82, 2.24) is 5.32 Å². The summed E-state index contributed by atoms with van der Waals surface area (Å²) in [6, 6.07) is 10.0. The number of hydrogen-bond donors (Lipinski definition) is 1. The second kappa shape index (κ2) is 4.34. The van der Waals surface area contributed by atoms with E-state index in [1.54, 1.807) is 0 Å². The number of alkyl carbamates (subject to hydrolysis) is 1. The van der Waals surface area contributed by atoms with Gasteiger partial charge in [-0.15, -0.1) is 0 Å². The molecule has 0 spiro atoms. The zero-order valence-electron chi connectivity index (χ0n) is 8.77. The molecule has 1 N–H and O–H groups in total. The smallest absolute Gasteiger partial charge is 0.407 e. The molecule has 0 saturated heterocycles. The van der Waals surface area contributed by atoms with Gasteiger partial charge in [0.05, 0.1) is 0 Å². The number of rotatable bonds is 3. The van der Waals surface area contributed by atoms with Gasteiger partial charge in [0.1, 0.15) is 6.61 Å². The van der Waals surface area contributed by atoms with Gasteiger partial charge < -0.3 is 10.1 Å². The first-order valence-corrected chi connectivity index (χ1v) is 5.23. The first-order valence-electron chi connectivity index (χ1n) is 5.23. The lowest BCUT2D eigenvalue weighted by Crippen LogP contribution is -2.27. The number of carbonyl (C=O) groups is 1. The molecule has 0 aromatic heterocycles. The minimum Gasteiger partial charge on any atom is -0.445 e. The molecule has 0 bridgehead atoms. The topological polar surface area (TPSA) is 38.3 Å². The zero-order chi connectivity index (χ0) is 10.7. The van der Waals surface area contributed by atoms with Gasteiger partial charge in [-0.25, -0.2) is 4.79 Å². The van der Waals surface area contributed by atoms with E-state index in [1.807, 2.05) is 30.3 Å². The summed E-state index contributed by atoms with van der Waals surface area (Å²) in [5.41, 5.74) is 1.01. The van der Waals surface area contributed by atoms with E-state index in [4.69, 9.17) is 4.74 Å². The molecule has 0 radical (unpaired) electrons. The summed E-state index contributed by atoms with van der Waals surface area (Å²) in [6.07, 6.45) is 0.758. The SMILES string of the molecule is CC1CC1NC(=O)OCc1ccccc1. The molecular weight excluding hydrogens is 190 g/mol. The first-order chi connectivity index (χ1) is 7.25. The van der Waals surface area contributed by atoms with Crippen LogP contribution in [0.3, 0.4) is 0 Å². The Bertz CT molecular complexity index is 337. The van der Waals surface area contributed by atoms with E-state index in [2.05, 4.69) is 12.2 Å². The van der Waals surface area contributed by atoms with Gasteiger partial charge in [0.25, 0.3) is 0 Å². The van der Waals surface area contributed by atoms with E-state index in [9.17, 15) is 4.79 Å². The van der Waals surface area contributed by atoms with Gasteiger partial charge in [-0.05, 0) is 17.9 Å². The van der Waals surface area contributed by atoms with E-state index < -0.39 is 0 Å². The van der Waals surface area contributed by atoms with Crippen LogP contribution in [-0.2, 0) is 11.3 Å². The molecule has 2 unspecified atom stereocenters. The van der Waals surface area contributed by atoms with Crippen LogP contribution in [0, 0.1) is 5.92 Å². The summed E-state index contributed by atoms with van der Waals surface area (Å²) in [6.45, 7) is 2.45. The van der Waals surface area contributed by atoms with Crippen LogP contribution in [0.1, 0.15) is 18.9 Å². The summed E-state index contributed by atoms with van der Waals surface area (Å²) in [4.78, 5) is 11.3. The number of benzene rings is 1. The van der Waals surface area contributed by atoms with Crippen molar-refractivity contribution in [2.45, 2.75) is 26.0 Å². The third-order valence-corrected chi connectivity index (χ3v) is 2.63. The third-order valence-electron chi connectivity index (χ3n) is 2.63. The van der Waals surface area contributed by atoms with Crippen LogP contribution in [0.2, 0.25) is 0 Å². The summed E-state index contributed by atoms with van der Waals surface area (Å²) in [5, 5.41) is 2.81. The van der Waals surface area contributed by atoms with Crippen LogP contribution >= 0.6 is 0 Å². The molecule has 1 aliphatic rings. The molecular formula is C12H15NO2. The zero-order valence-corrected chi connectivity index (χ0v) is 8.77. The van der Waals surface area contributed by atoms with Crippen molar-refractivity contribution < 1.29 is 9.53 Å². The fraction of sp³-hybridized carbons (Fsp3) is 0.417. The maximum absolute atomic E-state index is 11.3. The molecule has 80 valence electrons. The van der Waals surface area contributed by atoms with Crippen molar-refractivity contribution in [3.05, 3.63) is 35.9 Å². The third kappa shape index (κ3) is 2.98. The highest BCUT2D eigenvalue weighted by Crippen LogP contribution is 2.28. The molecule has 1 aliphatic carbocycles. The Kier molecular flexibility index (Phi) is 2.90. The normalized spacial score (nSPS) is 23.3. The number of carbonyl (C=O) groups excluding carboxylic acids is 1. The average molecular weight is 205 g/mol. The Hall–Kier alpha value is -1.51. The van der Waals surface area contributed by atoms with E-state index in [0.29, 0.717) is 18.6 Å². The van der Waals surface area contributed by atoms with Gasteiger partial charge in [0, 0.05) is 6.04 Å². The first kappa shape index (κ1) is 10.0. The second-order valence-corrected chi connectivity index (χ2v) is 4.03. The van der Waals surface area contributed by atoms with Crippen LogP contribution < -0.4 is 5.32 Å². The summed E-state index contributed by atoms with van der Waals surface area (Å²) >= 11 is 0. The highest BCUT2D eigenvalue weighted by atomic mass is 16.5. The fourth-order valence-corrected chi connectivity index (χ4v) is 1.44. The lowest BCUT2D eigenvalue weighted by atomic mass is 10.2. The Labute approximate surface area is 89.4 Å². The van der Waals surface area contributed by atoms with Gasteiger partial charge in [-0.2, -0.15) is 0 Å². The van der Waals surface area contributed by atoms with E-state index in [-0.39, 0.29) is 6.09 Å². The highest BCUT2D eigenvalue weighted by Gasteiger charge is 2.34. The van der Waals surface area contributed by atoms with Gasteiger partial charge in [-0.1, -0.05) is 37.3 Å². The van der Waals surface area contributed by atoms with E-state index >= 15 is 0 Å². The molecule has 3 nitrogen and oxygen atoms in total. The molecule has 1 saturated carbocycles. The van der Waals surface area contributed by atoms with Crippen molar-refractivity contribution in [3.63, 3.8) is 0 Å². The molecule has 0 aliphatic heterocycles. The molecule has 1 aromatic rings. The summed E-state index contributed by atoms with van der Waals surface area (Å²) in [5.74, 6) is 0.606. The number of ether oxygens (including phenoxy) is 1. The molecule has 1 fully saturated rings. The van der Waals surface area contributed by atoms with Crippen molar-refractivity contribution in [2.24, 2.45) is 5.92 Å². The van der Waals surface area contributed by atoms with Crippen LogP contribution in [0.5, 0.6) is 0 Å². The number of amides is 1. The van der Waals surface area contributed by atoms with Crippen LogP contribution in [-0.4, -0.2) is 12.1 Å². The maximum Gasteiger partial charge on any atom is 0.407 e. The molecule has 0 heterocycles. The van der Waals surface area contributed by atoms with Crippen LogP contribution in [0.4, 0.5) is 4.79 Å². The van der Waals surface area contributed by atoms with Gasteiger partial charge in [0.15, 0.2) is 0 Å². The largest absolute Gasteiger partial charge is 0.445 e. The van der Waals surface area contributed by atoms with Crippen LogP contribution in [0.25, 0.3) is 0 Å².